The van der Waals surface area contributed by atoms with Gasteiger partial charge in [-0.15, -0.1) is 0 Å². The minimum Gasteiger partial charge on any atom is -0.389 e. The highest BCUT2D eigenvalue weighted by atomic mass is 16.5. The van der Waals surface area contributed by atoms with E-state index in [1.54, 1.807) is 11.2 Å². The average Bonchev–Trinajstić information content (AvgIpc) is 3.22. The second-order valence-electron chi connectivity index (χ2n) is 8.92. The number of aromatic nitrogens is 2. The van der Waals surface area contributed by atoms with E-state index in [1.165, 1.54) is 0 Å². The van der Waals surface area contributed by atoms with E-state index in [0.717, 1.165) is 5.69 Å². The quantitative estimate of drug-likeness (QED) is 0.585. The molecule has 3 amide bonds. The van der Waals surface area contributed by atoms with Crippen LogP contribution in [0.5, 0.6) is 0 Å². The molecule has 2 saturated heterocycles. The molecule has 2 aliphatic rings. The van der Waals surface area contributed by atoms with E-state index >= 15 is 0 Å². The van der Waals surface area contributed by atoms with Crippen molar-refractivity contribution in [1.82, 2.24) is 19.8 Å². The van der Waals surface area contributed by atoms with Gasteiger partial charge in [-0.1, -0.05) is 18.2 Å². The van der Waals surface area contributed by atoms with E-state index in [4.69, 9.17) is 9.47 Å². The topological polar surface area (TPSA) is 118 Å². The van der Waals surface area contributed by atoms with Crippen LogP contribution >= 0.6 is 0 Å². The molecule has 184 valence electrons. The summed E-state index contributed by atoms with van der Waals surface area (Å²) in [7, 11) is 1.91. The van der Waals surface area contributed by atoms with Crippen LogP contribution < -0.4 is 10.6 Å². The minimum absolute atomic E-state index is 0.0692. The first-order valence-electron chi connectivity index (χ1n) is 11.8. The number of nitrogens with one attached hydrogen (secondary N) is 2. The third-order valence-corrected chi connectivity index (χ3v) is 6.14. The predicted octanol–water partition coefficient (Wildman–Crippen LogP) is 1.31. The molecule has 3 heterocycles. The van der Waals surface area contributed by atoms with Crippen LogP contribution in [0.2, 0.25) is 0 Å². The molecule has 0 unspecified atom stereocenters. The van der Waals surface area contributed by atoms with Crippen LogP contribution in [0.4, 0.5) is 10.5 Å². The number of aliphatic hydroxyl groups is 1. The maximum atomic E-state index is 13.1. The molecule has 0 bridgehead atoms. The lowest BCUT2D eigenvalue weighted by molar-refractivity contribution is -0.149. The summed E-state index contributed by atoms with van der Waals surface area (Å²) in [6.45, 7) is 1.06. The van der Waals surface area contributed by atoms with Gasteiger partial charge in [0.25, 0.3) is 0 Å². The lowest BCUT2D eigenvalue weighted by Crippen LogP contribution is -2.58. The van der Waals surface area contributed by atoms with Crippen molar-refractivity contribution >= 4 is 17.6 Å². The predicted molar refractivity (Wildman–Crippen MR) is 125 cm³/mol. The SMILES string of the molecule is Cn1cnc(CCNC(=O)C[C@H]2CC[C@@H]3[C@H](COC[C@@H](O)CN3C(=O)Nc3ccccc3)O2)c1. The molecule has 10 nitrogen and oxygen atoms in total. The molecule has 10 heteroatoms. The van der Waals surface area contributed by atoms with Gasteiger partial charge in [-0.3, -0.25) is 4.79 Å². The Morgan fingerprint density at radius 1 is 1.21 bits per heavy atom. The van der Waals surface area contributed by atoms with Crippen molar-refractivity contribution in [1.29, 1.82) is 0 Å². The maximum absolute atomic E-state index is 13.1. The smallest absolute Gasteiger partial charge is 0.322 e. The first-order valence-corrected chi connectivity index (χ1v) is 11.8. The molecule has 2 fully saturated rings. The number of hydrogen-bond donors (Lipinski definition) is 3. The molecule has 0 radical (unpaired) electrons. The molecule has 2 aliphatic heterocycles. The number of β-amino-alcohol motifs (C(OH)–C–C–N with tert-alkyl or cyclic N) is 1. The fraction of sp³-hybridized carbons (Fsp3) is 0.542. The molecule has 1 aromatic carbocycles. The Morgan fingerprint density at radius 3 is 2.79 bits per heavy atom. The van der Waals surface area contributed by atoms with Gasteiger partial charge in [-0.25, -0.2) is 9.78 Å². The number of aliphatic hydroxyl groups excluding tert-OH is 1. The Morgan fingerprint density at radius 2 is 2.03 bits per heavy atom. The van der Waals surface area contributed by atoms with Crippen LogP contribution in [0.1, 0.15) is 25.0 Å². The lowest BCUT2D eigenvalue weighted by atomic mass is 9.95. The Labute approximate surface area is 199 Å². The highest BCUT2D eigenvalue weighted by molar-refractivity contribution is 5.89. The number of fused-ring (bicyclic) bond motifs is 1. The number of imidazole rings is 1. The monoisotopic (exact) mass is 471 g/mol. The van der Waals surface area contributed by atoms with Crippen molar-refractivity contribution in [3.63, 3.8) is 0 Å². The third kappa shape index (κ3) is 6.55. The number of ether oxygens (including phenoxy) is 2. The summed E-state index contributed by atoms with van der Waals surface area (Å²) in [5, 5.41) is 16.1. The van der Waals surface area contributed by atoms with Crippen molar-refractivity contribution in [3.8, 4) is 0 Å². The van der Waals surface area contributed by atoms with Gasteiger partial charge in [0.05, 0.1) is 56.5 Å². The zero-order valence-corrected chi connectivity index (χ0v) is 19.4. The van der Waals surface area contributed by atoms with Crippen molar-refractivity contribution in [2.75, 3.05) is 31.6 Å². The molecule has 4 rings (SSSR count). The number of urea groups is 1. The number of rotatable bonds is 6. The van der Waals surface area contributed by atoms with Crippen molar-refractivity contribution in [3.05, 3.63) is 48.5 Å². The van der Waals surface area contributed by atoms with Gasteiger partial charge in [-0.05, 0) is 25.0 Å². The van der Waals surface area contributed by atoms with Crippen LogP contribution in [0.3, 0.4) is 0 Å². The first-order chi connectivity index (χ1) is 16.5. The van der Waals surface area contributed by atoms with Gasteiger partial charge in [0.2, 0.25) is 5.91 Å². The molecule has 2 aromatic rings. The van der Waals surface area contributed by atoms with Gasteiger partial charge in [0.1, 0.15) is 6.10 Å². The van der Waals surface area contributed by atoms with E-state index in [2.05, 4.69) is 15.6 Å². The molecular weight excluding hydrogens is 438 g/mol. The lowest BCUT2D eigenvalue weighted by Gasteiger charge is -2.44. The number of carbonyl (C=O) groups is 2. The Bertz CT molecular complexity index is 952. The summed E-state index contributed by atoms with van der Waals surface area (Å²) in [6, 6.07) is 8.69. The second-order valence-corrected chi connectivity index (χ2v) is 8.92. The molecular formula is C24H33N5O5. The summed E-state index contributed by atoms with van der Waals surface area (Å²) in [4.78, 5) is 31.4. The standard InChI is InChI=1S/C24H33N5O5/c1-28-12-18(26-16-28)9-10-25-23(31)11-20-7-8-21-22(34-20)15-33-14-19(30)13-29(21)24(32)27-17-5-3-2-4-6-17/h2-6,12,16,19-22,30H,7-11,13-15H2,1H3,(H,25,31)(H,27,32)/t19-,20+,21+,22-/m0/s1. The van der Waals surface area contributed by atoms with Crippen LogP contribution in [0.15, 0.2) is 42.9 Å². The number of amides is 3. The largest absolute Gasteiger partial charge is 0.389 e. The number of aryl methyl sites for hydroxylation is 1. The zero-order valence-electron chi connectivity index (χ0n) is 19.4. The number of hydrogen-bond acceptors (Lipinski definition) is 6. The van der Waals surface area contributed by atoms with Crippen LogP contribution in [0.25, 0.3) is 0 Å². The summed E-state index contributed by atoms with van der Waals surface area (Å²) >= 11 is 0. The minimum atomic E-state index is -0.773. The number of para-hydroxylation sites is 1. The molecule has 3 N–H and O–H groups in total. The molecule has 4 atom stereocenters. The van der Waals surface area contributed by atoms with E-state index in [0.29, 0.717) is 31.5 Å². The normalized spacial score (nSPS) is 25.1. The van der Waals surface area contributed by atoms with E-state index in [9.17, 15) is 14.7 Å². The van der Waals surface area contributed by atoms with Gasteiger partial charge in [0, 0.05) is 31.9 Å². The zero-order chi connectivity index (χ0) is 23.9. The van der Waals surface area contributed by atoms with Crippen molar-refractivity contribution in [2.24, 2.45) is 7.05 Å². The number of carbonyl (C=O) groups excluding carboxylic acids is 2. The summed E-state index contributed by atoms with van der Waals surface area (Å²) in [5.74, 6) is -0.0692. The number of anilines is 1. The van der Waals surface area contributed by atoms with Crippen LogP contribution in [-0.4, -0.2) is 82.2 Å². The fourth-order valence-electron chi connectivity index (χ4n) is 4.50. The highest BCUT2D eigenvalue weighted by Crippen LogP contribution is 2.28. The molecule has 1 aromatic heterocycles. The molecule has 0 saturated carbocycles. The Kier molecular flexibility index (Phi) is 8.15. The summed E-state index contributed by atoms with van der Waals surface area (Å²) in [5.41, 5.74) is 1.62. The molecule has 0 aliphatic carbocycles. The Hall–Kier alpha value is -2.95. The van der Waals surface area contributed by atoms with E-state index in [-0.39, 0.29) is 56.4 Å². The van der Waals surface area contributed by atoms with Crippen LogP contribution in [-0.2, 0) is 27.7 Å². The number of nitrogens with zero attached hydrogens (tertiary/aromatic N) is 3. The van der Waals surface area contributed by atoms with Gasteiger partial charge < -0.3 is 34.7 Å². The number of benzene rings is 1. The van der Waals surface area contributed by atoms with Gasteiger partial charge in [-0.2, -0.15) is 0 Å². The summed E-state index contributed by atoms with van der Waals surface area (Å²) < 4.78 is 13.7. The van der Waals surface area contributed by atoms with Gasteiger partial charge >= 0.3 is 6.03 Å². The van der Waals surface area contributed by atoms with Crippen molar-refractivity contribution in [2.45, 2.75) is 50.0 Å². The van der Waals surface area contributed by atoms with E-state index in [1.807, 2.05) is 48.1 Å². The van der Waals surface area contributed by atoms with Crippen LogP contribution in [0, 0.1) is 0 Å². The second kappa shape index (κ2) is 11.5. The molecule has 34 heavy (non-hydrogen) atoms. The maximum Gasteiger partial charge on any atom is 0.322 e. The van der Waals surface area contributed by atoms with Crippen molar-refractivity contribution < 1.29 is 24.2 Å². The van der Waals surface area contributed by atoms with E-state index < -0.39 is 6.10 Å². The third-order valence-electron chi connectivity index (χ3n) is 6.14. The summed E-state index contributed by atoms with van der Waals surface area (Å²) in [6.07, 6.45) is 4.51. The average molecular weight is 472 g/mol. The Balaban J connectivity index is 1.31. The van der Waals surface area contributed by atoms with Gasteiger partial charge in [0.15, 0.2) is 0 Å². The highest BCUT2D eigenvalue weighted by Gasteiger charge is 2.40. The molecule has 0 spiro atoms. The first kappa shape index (κ1) is 24.2. The fourth-order valence-corrected chi connectivity index (χ4v) is 4.50.